The van der Waals surface area contributed by atoms with Crippen molar-refractivity contribution in [1.82, 2.24) is 10.2 Å². The van der Waals surface area contributed by atoms with Gasteiger partial charge in [-0.05, 0) is 32.2 Å². The minimum absolute atomic E-state index is 0. The van der Waals surface area contributed by atoms with E-state index in [4.69, 9.17) is 4.84 Å². The summed E-state index contributed by atoms with van der Waals surface area (Å²) in [4.78, 5) is 19.6. The van der Waals surface area contributed by atoms with Crippen LogP contribution >= 0.6 is 12.4 Å². The van der Waals surface area contributed by atoms with Gasteiger partial charge in [0.25, 0.3) is 5.91 Å². The Bertz CT molecular complexity index is 347. The van der Waals surface area contributed by atoms with Crippen LogP contribution in [0.15, 0.2) is 5.16 Å². The fourth-order valence-electron chi connectivity index (χ4n) is 2.91. The summed E-state index contributed by atoms with van der Waals surface area (Å²) in [5.74, 6) is 0.0879. The van der Waals surface area contributed by atoms with Crippen LogP contribution in [0.25, 0.3) is 0 Å². The second-order valence-electron chi connectivity index (χ2n) is 5.27. The largest absolute Gasteiger partial charge is 0.387 e. The number of carbonyl (C=O) groups is 1. The van der Waals surface area contributed by atoms with Crippen molar-refractivity contribution in [3.63, 3.8) is 0 Å². The highest BCUT2D eigenvalue weighted by atomic mass is 35.5. The number of nitrogens with one attached hydrogen (secondary N) is 1. The van der Waals surface area contributed by atoms with E-state index in [9.17, 15) is 4.79 Å². The van der Waals surface area contributed by atoms with Crippen LogP contribution in [0.3, 0.4) is 0 Å². The minimum Gasteiger partial charge on any atom is -0.387 e. The summed E-state index contributed by atoms with van der Waals surface area (Å²) in [6, 6.07) is 0. The lowest BCUT2D eigenvalue weighted by atomic mass is 9.89. The number of carbonyl (C=O) groups excluding carboxylic acids is 1. The third-order valence-corrected chi connectivity index (χ3v) is 3.91. The zero-order valence-corrected chi connectivity index (χ0v) is 11.3. The van der Waals surface area contributed by atoms with Gasteiger partial charge >= 0.3 is 0 Å². The second-order valence-corrected chi connectivity index (χ2v) is 5.27. The van der Waals surface area contributed by atoms with Gasteiger partial charge < -0.3 is 15.1 Å². The number of piperidine rings is 1. The summed E-state index contributed by atoms with van der Waals surface area (Å²) < 4.78 is 0. The SMILES string of the molecule is Cl.O=C(C1=NOC2(CCCNC2)C1)N1CCCC1. The van der Waals surface area contributed by atoms with Gasteiger partial charge in [-0.3, -0.25) is 4.79 Å². The standard InChI is InChI=1S/C12H19N3O2.ClH/c16-11(15-6-1-2-7-15)10-8-12(17-14-10)4-3-5-13-9-12;/h13H,1-9H2;1H. The van der Waals surface area contributed by atoms with Crippen molar-refractivity contribution >= 4 is 24.0 Å². The number of likely N-dealkylation sites (tertiary alicyclic amines) is 1. The Morgan fingerprint density at radius 1 is 1.33 bits per heavy atom. The number of hydrogen-bond donors (Lipinski definition) is 1. The van der Waals surface area contributed by atoms with Crippen molar-refractivity contribution in [3.8, 4) is 0 Å². The van der Waals surface area contributed by atoms with Crippen molar-refractivity contribution in [2.75, 3.05) is 26.2 Å². The third-order valence-electron chi connectivity index (χ3n) is 3.91. The van der Waals surface area contributed by atoms with Gasteiger partial charge in [0.05, 0.1) is 0 Å². The number of oxime groups is 1. The predicted molar refractivity (Wildman–Crippen MR) is 71.0 cm³/mol. The zero-order chi connectivity index (χ0) is 11.7. The molecule has 0 aromatic heterocycles. The Hall–Kier alpha value is -0.810. The molecule has 1 spiro atoms. The zero-order valence-electron chi connectivity index (χ0n) is 10.5. The molecule has 6 heteroatoms. The van der Waals surface area contributed by atoms with Crippen molar-refractivity contribution in [1.29, 1.82) is 0 Å². The van der Waals surface area contributed by atoms with Gasteiger partial charge in [0.1, 0.15) is 5.71 Å². The lowest BCUT2D eigenvalue weighted by Crippen LogP contribution is -2.46. The number of nitrogens with zero attached hydrogens (tertiary/aromatic N) is 2. The Kier molecular flexibility index (Phi) is 4.12. The van der Waals surface area contributed by atoms with E-state index in [1.807, 2.05) is 4.90 Å². The topological polar surface area (TPSA) is 53.9 Å². The molecular weight excluding hydrogens is 254 g/mol. The van der Waals surface area contributed by atoms with Crippen molar-refractivity contribution in [3.05, 3.63) is 0 Å². The lowest BCUT2D eigenvalue weighted by Gasteiger charge is -2.31. The first-order valence-electron chi connectivity index (χ1n) is 6.54. The summed E-state index contributed by atoms with van der Waals surface area (Å²) in [5, 5.41) is 7.37. The van der Waals surface area contributed by atoms with Crippen LogP contribution in [0.4, 0.5) is 0 Å². The van der Waals surface area contributed by atoms with Crippen LogP contribution in [0.2, 0.25) is 0 Å². The molecule has 3 heterocycles. The van der Waals surface area contributed by atoms with E-state index in [0.717, 1.165) is 51.9 Å². The molecule has 0 radical (unpaired) electrons. The fourth-order valence-corrected chi connectivity index (χ4v) is 2.91. The molecule has 1 amide bonds. The van der Waals surface area contributed by atoms with Gasteiger partial charge in [-0.2, -0.15) is 0 Å². The highest BCUT2D eigenvalue weighted by Gasteiger charge is 2.43. The quantitative estimate of drug-likeness (QED) is 0.773. The highest BCUT2D eigenvalue weighted by Crippen LogP contribution is 2.31. The molecule has 0 aliphatic carbocycles. The predicted octanol–water partition coefficient (Wildman–Crippen LogP) is 0.929. The number of amides is 1. The fraction of sp³-hybridized carbons (Fsp3) is 0.833. The van der Waals surface area contributed by atoms with E-state index in [1.54, 1.807) is 0 Å². The Morgan fingerprint density at radius 3 is 2.78 bits per heavy atom. The van der Waals surface area contributed by atoms with Crippen LogP contribution in [-0.2, 0) is 9.63 Å². The van der Waals surface area contributed by atoms with E-state index < -0.39 is 0 Å². The molecule has 0 aromatic rings. The molecule has 1 atom stereocenters. The van der Waals surface area contributed by atoms with E-state index in [0.29, 0.717) is 12.1 Å². The van der Waals surface area contributed by atoms with Gasteiger partial charge in [-0.1, -0.05) is 5.16 Å². The Morgan fingerprint density at radius 2 is 2.11 bits per heavy atom. The van der Waals surface area contributed by atoms with Gasteiger partial charge in [0.2, 0.25) is 0 Å². The summed E-state index contributed by atoms with van der Waals surface area (Å²) in [6.07, 6.45) is 5.01. The molecule has 102 valence electrons. The van der Waals surface area contributed by atoms with Gasteiger partial charge in [0.15, 0.2) is 5.60 Å². The molecule has 0 aromatic carbocycles. The smallest absolute Gasteiger partial charge is 0.271 e. The molecule has 2 fully saturated rings. The highest BCUT2D eigenvalue weighted by molar-refractivity contribution is 6.39. The maximum Gasteiger partial charge on any atom is 0.271 e. The van der Waals surface area contributed by atoms with Crippen LogP contribution in [0, 0.1) is 0 Å². The maximum atomic E-state index is 12.2. The monoisotopic (exact) mass is 273 g/mol. The molecule has 18 heavy (non-hydrogen) atoms. The lowest BCUT2D eigenvalue weighted by molar-refractivity contribution is -0.123. The number of hydrogen-bond acceptors (Lipinski definition) is 4. The average Bonchev–Trinajstić information content (AvgIpc) is 2.99. The summed E-state index contributed by atoms with van der Waals surface area (Å²) in [7, 11) is 0. The summed E-state index contributed by atoms with van der Waals surface area (Å²) in [6.45, 7) is 3.61. The van der Waals surface area contributed by atoms with E-state index in [1.165, 1.54) is 0 Å². The molecule has 3 aliphatic rings. The second kappa shape index (κ2) is 5.45. The van der Waals surface area contributed by atoms with Gasteiger partial charge in [-0.25, -0.2) is 0 Å². The molecule has 1 unspecified atom stereocenters. The Labute approximate surface area is 113 Å². The van der Waals surface area contributed by atoms with E-state index >= 15 is 0 Å². The normalized spacial score (nSPS) is 30.9. The molecule has 0 bridgehead atoms. The van der Waals surface area contributed by atoms with Crippen LogP contribution < -0.4 is 5.32 Å². The summed E-state index contributed by atoms with van der Waals surface area (Å²) >= 11 is 0. The van der Waals surface area contributed by atoms with Crippen LogP contribution in [0.1, 0.15) is 32.1 Å². The first-order chi connectivity index (χ1) is 8.29. The molecule has 3 aliphatic heterocycles. The third kappa shape index (κ3) is 2.47. The molecule has 1 N–H and O–H groups in total. The van der Waals surface area contributed by atoms with Crippen molar-refractivity contribution in [2.45, 2.75) is 37.7 Å². The maximum absolute atomic E-state index is 12.2. The molecule has 5 nitrogen and oxygen atoms in total. The van der Waals surface area contributed by atoms with Gasteiger partial charge in [0, 0.05) is 26.1 Å². The first kappa shape index (κ1) is 13.6. The van der Waals surface area contributed by atoms with E-state index in [2.05, 4.69) is 10.5 Å². The average molecular weight is 274 g/mol. The van der Waals surface area contributed by atoms with Crippen molar-refractivity contribution < 1.29 is 9.63 Å². The van der Waals surface area contributed by atoms with Crippen molar-refractivity contribution in [2.24, 2.45) is 5.16 Å². The number of rotatable bonds is 1. The molecule has 2 saturated heterocycles. The van der Waals surface area contributed by atoms with Crippen LogP contribution in [0.5, 0.6) is 0 Å². The summed E-state index contributed by atoms with van der Waals surface area (Å²) in [5.41, 5.74) is 0.388. The van der Waals surface area contributed by atoms with Gasteiger partial charge in [-0.15, -0.1) is 12.4 Å². The molecular formula is C12H20ClN3O2. The minimum atomic E-state index is -0.233. The first-order valence-corrected chi connectivity index (χ1v) is 6.54. The number of halogens is 1. The van der Waals surface area contributed by atoms with Crippen LogP contribution in [-0.4, -0.2) is 48.3 Å². The van der Waals surface area contributed by atoms with E-state index in [-0.39, 0.29) is 23.9 Å². The Balaban J connectivity index is 0.00000120. The molecule has 0 saturated carbocycles. The molecule has 3 rings (SSSR count).